The number of carbonyl (C=O) groups excluding carboxylic acids is 1. The summed E-state index contributed by atoms with van der Waals surface area (Å²) in [5.74, 6) is -0.167. The summed E-state index contributed by atoms with van der Waals surface area (Å²) in [5.41, 5.74) is 0.455. The van der Waals surface area contributed by atoms with E-state index >= 15 is 0 Å². The highest BCUT2D eigenvalue weighted by Gasteiger charge is 2.13. The van der Waals surface area contributed by atoms with E-state index in [2.05, 4.69) is 10.6 Å². The zero-order chi connectivity index (χ0) is 11.3. The number of carbonyl (C=O) groups is 1. The summed E-state index contributed by atoms with van der Waals surface area (Å²) in [6, 6.07) is 1.59. The van der Waals surface area contributed by atoms with Gasteiger partial charge in [0.05, 0.1) is 9.90 Å². The molecular weight excluding hydrogens is 255 g/mol. The molecule has 0 saturated heterocycles. The third-order valence-electron chi connectivity index (χ3n) is 1.79. The van der Waals surface area contributed by atoms with Crippen LogP contribution in [0.15, 0.2) is 6.07 Å². The molecule has 1 aromatic heterocycles. The molecule has 1 rings (SSSR count). The average molecular weight is 267 g/mol. The van der Waals surface area contributed by atoms with E-state index in [1.54, 1.807) is 6.07 Å². The van der Waals surface area contributed by atoms with Crippen molar-refractivity contribution in [2.45, 2.75) is 6.42 Å². The van der Waals surface area contributed by atoms with Crippen molar-refractivity contribution in [1.29, 1.82) is 0 Å². The molecule has 15 heavy (non-hydrogen) atoms. The van der Waals surface area contributed by atoms with Crippen LogP contribution in [0.2, 0.25) is 8.67 Å². The molecule has 0 unspecified atom stereocenters. The van der Waals surface area contributed by atoms with Crippen LogP contribution < -0.4 is 10.6 Å². The van der Waals surface area contributed by atoms with Gasteiger partial charge >= 0.3 is 0 Å². The van der Waals surface area contributed by atoms with E-state index in [9.17, 15) is 4.79 Å². The fraction of sp³-hybridized carbons (Fsp3) is 0.444. The van der Waals surface area contributed by atoms with E-state index in [0.717, 1.165) is 13.0 Å². The molecule has 84 valence electrons. The number of halogens is 2. The number of amides is 1. The standard InChI is InChI=1S/C9H12Cl2N2OS/c1-12-3-2-4-13-9(14)6-5-7(10)15-8(6)11/h5,12H,2-4H2,1H3,(H,13,14). The van der Waals surface area contributed by atoms with Crippen LogP contribution >= 0.6 is 34.5 Å². The minimum absolute atomic E-state index is 0.167. The van der Waals surface area contributed by atoms with E-state index in [0.29, 0.717) is 20.8 Å². The number of hydrogen-bond donors (Lipinski definition) is 2. The van der Waals surface area contributed by atoms with Gasteiger partial charge < -0.3 is 10.6 Å². The summed E-state index contributed by atoms with van der Waals surface area (Å²) >= 11 is 12.8. The second-order valence-electron chi connectivity index (χ2n) is 2.95. The summed E-state index contributed by atoms with van der Waals surface area (Å²) in [7, 11) is 1.87. The molecule has 1 aromatic rings. The second-order valence-corrected chi connectivity index (χ2v) is 5.24. The molecule has 0 radical (unpaired) electrons. The lowest BCUT2D eigenvalue weighted by molar-refractivity contribution is 0.0954. The first-order valence-corrected chi connectivity index (χ1v) is 6.10. The number of hydrogen-bond acceptors (Lipinski definition) is 3. The molecule has 0 fully saturated rings. The van der Waals surface area contributed by atoms with Crippen LogP contribution in [0.5, 0.6) is 0 Å². The Bertz CT molecular complexity index is 341. The number of thiophene rings is 1. The van der Waals surface area contributed by atoms with Crippen molar-refractivity contribution in [3.8, 4) is 0 Å². The highest BCUT2D eigenvalue weighted by Crippen LogP contribution is 2.30. The molecule has 0 spiro atoms. The maximum atomic E-state index is 11.6. The first kappa shape index (κ1) is 12.8. The fourth-order valence-electron chi connectivity index (χ4n) is 1.06. The van der Waals surface area contributed by atoms with Crippen molar-refractivity contribution in [2.24, 2.45) is 0 Å². The lowest BCUT2D eigenvalue weighted by Crippen LogP contribution is -2.26. The first-order chi connectivity index (χ1) is 7.15. The fourth-order valence-corrected chi connectivity index (χ4v) is 2.52. The predicted molar refractivity (Wildman–Crippen MR) is 65.2 cm³/mol. The van der Waals surface area contributed by atoms with Gasteiger partial charge in [0.1, 0.15) is 4.34 Å². The smallest absolute Gasteiger partial charge is 0.253 e. The molecular formula is C9H12Cl2N2OS. The summed E-state index contributed by atoms with van der Waals surface area (Å²) < 4.78 is 0.964. The van der Waals surface area contributed by atoms with Gasteiger partial charge in [0.15, 0.2) is 0 Å². The quantitative estimate of drug-likeness (QED) is 0.804. The molecule has 1 amide bonds. The Balaban J connectivity index is 2.43. The topological polar surface area (TPSA) is 41.1 Å². The van der Waals surface area contributed by atoms with Crippen LogP contribution in [0, 0.1) is 0 Å². The third-order valence-corrected chi connectivity index (χ3v) is 3.28. The van der Waals surface area contributed by atoms with Gasteiger partial charge in [-0.3, -0.25) is 4.79 Å². The van der Waals surface area contributed by atoms with Crippen LogP contribution in [0.3, 0.4) is 0 Å². The van der Waals surface area contributed by atoms with Gasteiger partial charge in [-0.1, -0.05) is 23.2 Å². The van der Waals surface area contributed by atoms with Crippen molar-refractivity contribution in [3.05, 3.63) is 20.3 Å². The highest BCUT2D eigenvalue weighted by atomic mass is 35.5. The van der Waals surface area contributed by atoms with Crippen LogP contribution in [-0.2, 0) is 0 Å². The summed E-state index contributed by atoms with van der Waals surface area (Å²) in [4.78, 5) is 11.6. The van der Waals surface area contributed by atoms with Crippen LogP contribution in [0.4, 0.5) is 0 Å². The van der Waals surface area contributed by atoms with Gasteiger partial charge in [-0.05, 0) is 26.1 Å². The van der Waals surface area contributed by atoms with E-state index in [-0.39, 0.29) is 5.91 Å². The minimum Gasteiger partial charge on any atom is -0.352 e. The van der Waals surface area contributed by atoms with E-state index in [1.165, 1.54) is 11.3 Å². The molecule has 0 bridgehead atoms. The second kappa shape index (κ2) is 6.33. The lowest BCUT2D eigenvalue weighted by atomic mass is 10.3. The van der Waals surface area contributed by atoms with Gasteiger partial charge in [0.2, 0.25) is 0 Å². The normalized spacial score (nSPS) is 10.3. The lowest BCUT2D eigenvalue weighted by Gasteiger charge is -2.03. The molecule has 2 N–H and O–H groups in total. The third kappa shape index (κ3) is 3.99. The zero-order valence-electron chi connectivity index (χ0n) is 8.27. The van der Waals surface area contributed by atoms with Gasteiger partial charge in [-0.25, -0.2) is 0 Å². The van der Waals surface area contributed by atoms with Crippen molar-refractivity contribution >= 4 is 40.4 Å². The molecule has 0 aromatic carbocycles. The Labute approximate surface area is 103 Å². The maximum Gasteiger partial charge on any atom is 0.253 e. The van der Waals surface area contributed by atoms with Gasteiger partial charge in [-0.2, -0.15) is 0 Å². The van der Waals surface area contributed by atoms with E-state index in [1.807, 2.05) is 7.05 Å². The van der Waals surface area contributed by atoms with Gasteiger partial charge in [0.25, 0.3) is 5.91 Å². The molecule has 0 atom stereocenters. The monoisotopic (exact) mass is 266 g/mol. The Morgan fingerprint density at radius 3 is 2.73 bits per heavy atom. The highest BCUT2D eigenvalue weighted by molar-refractivity contribution is 7.20. The Morgan fingerprint density at radius 2 is 2.20 bits per heavy atom. The molecule has 6 heteroatoms. The molecule has 0 aliphatic carbocycles. The van der Waals surface area contributed by atoms with Crippen molar-refractivity contribution in [3.63, 3.8) is 0 Å². The number of rotatable bonds is 5. The summed E-state index contributed by atoms with van der Waals surface area (Å²) in [6.45, 7) is 1.50. The minimum atomic E-state index is -0.167. The molecule has 0 aliphatic rings. The average Bonchev–Trinajstić information content (AvgIpc) is 2.52. The van der Waals surface area contributed by atoms with Crippen LogP contribution in [0.25, 0.3) is 0 Å². The van der Waals surface area contributed by atoms with Gasteiger partial charge in [-0.15, -0.1) is 11.3 Å². The molecule has 0 saturated carbocycles. The maximum absolute atomic E-state index is 11.6. The predicted octanol–water partition coefficient (Wildman–Crippen LogP) is 2.39. The molecule has 3 nitrogen and oxygen atoms in total. The van der Waals surface area contributed by atoms with E-state index in [4.69, 9.17) is 23.2 Å². The Hall–Kier alpha value is -0.290. The SMILES string of the molecule is CNCCCNC(=O)c1cc(Cl)sc1Cl. The molecule has 1 heterocycles. The van der Waals surface area contributed by atoms with Crippen LogP contribution in [0.1, 0.15) is 16.8 Å². The number of nitrogens with one attached hydrogen (secondary N) is 2. The largest absolute Gasteiger partial charge is 0.352 e. The summed E-state index contributed by atoms with van der Waals surface area (Å²) in [5, 5.41) is 5.77. The van der Waals surface area contributed by atoms with Crippen molar-refractivity contribution < 1.29 is 4.79 Å². The van der Waals surface area contributed by atoms with Gasteiger partial charge in [0, 0.05) is 6.54 Å². The van der Waals surface area contributed by atoms with E-state index < -0.39 is 0 Å². The van der Waals surface area contributed by atoms with Crippen molar-refractivity contribution in [2.75, 3.05) is 20.1 Å². The Kier molecular flexibility index (Phi) is 5.39. The molecule has 0 aliphatic heterocycles. The summed E-state index contributed by atoms with van der Waals surface area (Å²) in [6.07, 6.45) is 0.887. The van der Waals surface area contributed by atoms with Crippen LogP contribution in [-0.4, -0.2) is 26.0 Å². The first-order valence-electron chi connectivity index (χ1n) is 4.52. The van der Waals surface area contributed by atoms with Crippen molar-refractivity contribution in [1.82, 2.24) is 10.6 Å². The Morgan fingerprint density at radius 1 is 1.47 bits per heavy atom. The zero-order valence-corrected chi connectivity index (χ0v) is 10.6.